The third kappa shape index (κ3) is 5.84. The summed E-state index contributed by atoms with van der Waals surface area (Å²) in [6.45, 7) is 3.89. The molecule has 4 rings (SSSR count). The van der Waals surface area contributed by atoms with Crippen LogP contribution in [-0.2, 0) is 22.2 Å². The van der Waals surface area contributed by atoms with Gasteiger partial charge in [-0.15, -0.1) is 0 Å². The molecule has 226 valence electrons. The SMILES string of the molecule is CC1(C)C(NC(=O)O)=N[C@](C)(c2nc(NCc3ccc(OCC(F)(F)C(F)F)cn3)ccc2F)[C@H]2CCCN[SH]21=O. The third-order valence-corrected chi connectivity index (χ3v) is 11.6. The van der Waals surface area contributed by atoms with E-state index in [0.717, 1.165) is 6.20 Å². The van der Waals surface area contributed by atoms with Gasteiger partial charge in [-0.05, 0) is 68.0 Å². The Morgan fingerprint density at radius 1 is 1.27 bits per heavy atom. The number of alkyl halides is 4. The third-order valence-electron chi connectivity index (χ3n) is 7.39. The van der Waals surface area contributed by atoms with Crippen molar-refractivity contribution in [2.75, 3.05) is 18.5 Å². The maximum atomic E-state index is 15.3. The molecular formula is C25H31F5N6O4S. The molecule has 0 aliphatic carbocycles. The average Bonchev–Trinajstić information content (AvgIpc) is 2.90. The summed E-state index contributed by atoms with van der Waals surface area (Å²) in [5, 5.41) is 14.0. The second-order valence-electron chi connectivity index (χ2n) is 10.5. The second kappa shape index (κ2) is 11.1. The number of carbonyl (C=O) groups is 1. The lowest BCUT2D eigenvalue weighted by Crippen LogP contribution is -2.70. The number of amidine groups is 1. The highest BCUT2D eigenvalue weighted by molar-refractivity contribution is 8.04. The zero-order valence-electron chi connectivity index (χ0n) is 22.4. The summed E-state index contributed by atoms with van der Waals surface area (Å²) in [6.07, 6.45) is -3.04. The summed E-state index contributed by atoms with van der Waals surface area (Å²) < 4.78 is 87.2. The van der Waals surface area contributed by atoms with Crippen LogP contribution in [0.2, 0.25) is 0 Å². The fourth-order valence-corrected chi connectivity index (χ4v) is 8.81. The van der Waals surface area contributed by atoms with Crippen molar-refractivity contribution >= 4 is 27.9 Å². The molecule has 16 heteroatoms. The number of rotatable bonds is 8. The minimum absolute atomic E-state index is 0.0566. The van der Waals surface area contributed by atoms with Gasteiger partial charge in [0, 0.05) is 6.54 Å². The number of hydrogen-bond donors (Lipinski definition) is 5. The van der Waals surface area contributed by atoms with Gasteiger partial charge in [0.05, 0.1) is 28.4 Å². The molecule has 2 aromatic rings. The monoisotopic (exact) mass is 606 g/mol. The first-order valence-corrected chi connectivity index (χ1v) is 14.5. The normalized spacial score (nSPS) is 24.1. The fraction of sp³-hybridized carbons (Fsp3) is 0.520. The molecular weight excluding hydrogens is 575 g/mol. The van der Waals surface area contributed by atoms with Crippen LogP contribution in [0.3, 0.4) is 0 Å². The number of hydrogen-bond acceptors (Lipinski definition) is 7. The molecule has 0 bridgehead atoms. The Hall–Kier alpha value is -3.40. The highest BCUT2D eigenvalue weighted by Gasteiger charge is 2.58. The first-order valence-electron chi connectivity index (χ1n) is 12.7. The van der Waals surface area contributed by atoms with Crippen molar-refractivity contribution in [1.82, 2.24) is 20.0 Å². The Morgan fingerprint density at radius 3 is 2.63 bits per heavy atom. The molecule has 1 fully saturated rings. The van der Waals surface area contributed by atoms with E-state index in [0.29, 0.717) is 25.1 Å². The Labute approximate surface area is 233 Å². The Bertz CT molecular complexity index is 1380. The van der Waals surface area contributed by atoms with E-state index in [1.54, 1.807) is 20.8 Å². The molecule has 0 radical (unpaired) electrons. The van der Waals surface area contributed by atoms with Gasteiger partial charge >= 0.3 is 18.4 Å². The van der Waals surface area contributed by atoms with Crippen LogP contribution < -0.4 is 20.1 Å². The predicted octanol–water partition coefficient (Wildman–Crippen LogP) is 3.86. The van der Waals surface area contributed by atoms with Crippen molar-refractivity contribution in [3.63, 3.8) is 0 Å². The Kier molecular flexibility index (Phi) is 8.28. The van der Waals surface area contributed by atoms with Crippen LogP contribution in [-0.4, -0.2) is 66.7 Å². The number of carboxylic acid groups (broad SMARTS) is 1. The van der Waals surface area contributed by atoms with Crippen LogP contribution in [0.5, 0.6) is 5.75 Å². The van der Waals surface area contributed by atoms with Crippen LogP contribution in [0.4, 0.5) is 32.6 Å². The zero-order chi connectivity index (χ0) is 30.2. The van der Waals surface area contributed by atoms with Crippen LogP contribution in [0.25, 0.3) is 0 Å². The molecule has 4 N–H and O–H groups in total. The van der Waals surface area contributed by atoms with E-state index < -0.39 is 56.5 Å². The largest absolute Gasteiger partial charge is 0.485 e. The van der Waals surface area contributed by atoms with Gasteiger partial charge < -0.3 is 15.2 Å². The van der Waals surface area contributed by atoms with Crippen molar-refractivity contribution in [3.8, 4) is 5.75 Å². The number of anilines is 1. The van der Waals surface area contributed by atoms with E-state index in [4.69, 9.17) is 4.74 Å². The van der Waals surface area contributed by atoms with E-state index in [9.17, 15) is 31.7 Å². The van der Waals surface area contributed by atoms with Gasteiger partial charge in [0.2, 0.25) is 0 Å². The number of amides is 1. The number of thiol groups is 1. The standard InChI is InChI=1S/C25H31F5N6O4S/c1-23(2)21(35-22(37)38)36-24(3,17-5-4-10-33-41(17,23)39)19-16(26)8-9-18(34-19)32-11-14-6-7-15(12-31-14)40-13-25(29,30)20(27)28/h6-9,12,17,20,41H,4-5,10-11,13H2,1-3H3,(H,32,34)(H,33,39)(H,35,36)(H,37,38)/t17-,24+/m1/s1. The van der Waals surface area contributed by atoms with Crippen molar-refractivity contribution in [2.24, 2.45) is 4.99 Å². The number of ether oxygens (including phenoxy) is 1. The van der Waals surface area contributed by atoms with E-state index in [-0.39, 0.29) is 29.6 Å². The van der Waals surface area contributed by atoms with E-state index in [1.165, 1.54) is 24.3 Å². The maximum absolute atomic E-state index is 15.3. The minimum atomic E-state index is -4.30. The van der Waals surface area contributed by atoms with Crippen molar-refractivity contribution in [2.45, 2.75) is 68.0 Å². The molecule has 2 aromatic heterocycles. The van der Waals surface area contributed by atoms with Crippen LogP contribution in [0.15, 0.2) is 35.5 Å². The molecule has 2 aliphatic rings. The van der Waals surface area contributed by atoms with E-state index in [2.05, 4.69) is 30.3 Å². The first kappa shape index (κ1) is 30.6. The van der Waals surface area contributed by atoms with Crippen LogP contribution in [0, 0.1) is 5.82 Å². The van der Waals surface area contributed by atoms with Gasteiger partial charge in [0.1, 0.15) is 34.5 Å². The Balaban J connectivity index is 1.58. The molecule has 4 heterocycles. The van der Waals surface area contributed by atoms with Gasteiger partial charge in [0.25, 0.3) is 0 Å². The van der Waals surface area contributed by atoms with Gasteiger partial charge in [-0.25, -0.2) is 22.9 Å². The summed E-state index contributed by atoms with van der Waals surface area (Å²) in [7, 11) is -3.39. The zero-order valence-corrected chi connectivity index (χ0v) is 23.3. The molecule has 1 saturated heterocycles. The van der Waals surface area contributed by atoms with Crippen molar-refractivity contribution in [3.05, 3.63) is 47.7 Å². The fourth-order valence-electron chi connectivity index (χ4n) is 5.07. The lowest BCUT2D eigenvalue weighted by atomic mass is 9.88. The number of halogens is 5. The molecule has 2 atom stereocenters. The number of nitrogens with zero attached hydrogens (tertiary/aromatic N) is 3. The molecule has 0 spiro atoms. The minimum Gasteiger partial charge on any atom is -0.485 e. The molecule has 0 aromatic carbocycles. The summed E-state index contributed by atoms with van der Waals surface area (Å²) in [5.41, 5.74) is -1.19. The van der Waals surface area contributed by atoms with Gasteiger partial charge in [-0.2, -0.15) is 8.78 Å². The number of aromatic nitrogens is 2. The van der Waals surface area contributed by atoms with Crippen LogP contribution in [0.1, 0.15) is 45.0 Å². The Morgan fingerprint density at radius 2 is 2.00 bits per heavy atom. The maximum Gasteiger partial charge on any atom is 0.410 e. The summed E-state index contributed by atoms with van der Waals surface area (Å²) in [5.74, 6) is -4.98. The summed E-state index contributed by atoms with van der Waals surface area (Å²) >= 11 is 0. The number of nitrogens with one attached hydrogen (secondary N) is 3. The predicted molar refractivity (Wildman–Crippen MR) is 143 cm³/mol. The number of pyridine rings is 2. The topological polar surface area (TPSA) is 138 Å². The lowest BCUT2D eigenvalue weighted by Gasteiger charge is -2.56. The lowest BCUT2D eigenvalue weighted by molar-refractivity contribution is -0.148. The molecule has 0 unspecified atom stereocenters. The summed E-state index contributed by atoms with van der Waals surface area (Å²) in [6, 6.07) is 5.26. The van der Waals surface area contributed by atoms with E-state index in [1.807, 2.05) is 0 Å². The summed E-state index contributed by atoms with van der Waals surface area (Å²) in [4.78, 5) is 24.7. The van der Waals surface area contributed by atoms with Crippen LogP contribution >= 0.6 is 0 Å². The molecule has 1 amide bonds. The number of aliphatic imine (C=N–C) groups is 1. The first-order chi connectivity index (χ1) is 19.1. The van der Waals surface area contributed by atoms with Crippen molar-refractivity contribution in [1.29, 1.82) is 0 Å². The average molecular weight is 607 g/mol. The van der Waals surface area contributed by atoms with Gasteiger partial charge in [-0.3, -0.25) is 24.2 Å². The molecule has 10 nitrogen and oxygen atoms in total. The highest BCUT2D eigenvalue weighted by atomic mass is 32.3. The molecule has 2 aliphatic heterocycles. The quantitative estimate of drug-likeness (QED) is 0.227. The highest BCUT2D eigenvalue weighted by Crippen LogP contribution is 2.48. The van der Waals surface area contributed by atoms with Gasteiger partial charge in [0.15, 0.2) is 6.61 Å². The second-order valence-corrected chi connectivity index (χ2v) is 13.9. The van der Waals surface area contributed by atoms with E-state index >= 15 is 4.39 Å². The van der Waals surface area contributed by atoms with Crippen molar-refractivity contribution < 1.29 is 40.8 Å². The van der Waals surface area contributed by atoms with Gasteiger partial charge in [-0.1, -0.05) is 0 Å². The molecule has 41 heavy (non-hydrogen) atoms. The smallest absolute Gasteiger partial charge is 0.410 e. The molecule has 0 saturated carbocycles. The number of fused-ring (bicyclic) bond motifs is 1.